The van der Waals surface area contributed by atoms with Crippen LogP contribution in [0.2, 0.25) is 0 Å². The van der Waals surface area contributed by atoms with Crippen LogP contribution in [0.5, 0.6) is 5.75 Å². The van der Waals surface area contributed by atoms with Crippen molar-refractivity contribution in [2.75, 3.05) is 17.2 Å². The summed E-state index contributed by atoms with van der Waals surface area (Å²) < 4.78 is 5.56. The fourth-order valence-corrected chi connectivity index (χ4v) is 2.86. The Morgan fingerprint density at radius 1 is 1.03 bits per heavy atom. The Morgan fingerprint density at radius 3 is 2.41 bits per heavy atom. The van der Waals surface area contributed by atoms with Crippen LogP contribution in [-0.4, -0.2) is 24.3 Å². The molecule has 0 aromatic heterocycles. The first kappa shape index (κ1) is 20.4. The van der Waals surface area contributed by atoms with Gasteiger partial charge in [-0.15, -0.1) is 0 Å². The van der Waals surface area contributed by atoms with Crippen molar-refractivity contribution in [1.82, 2.24) is 5.32 Å². The maximum absolute atomic E-state index is 12.2. The Bertz CT molecular complexity index is 908. The molecule has 0 spiro atoms. The standard InChI is InChI=1S/C22H25N3O4/c1-14(17-5-3-6-18(11-17)24-15(2)26)23-21(27)13-29-20-8-4-7-19(12-20)25-22(28)16-9-10-16/h3-8,11-12,14,16H,9-10,13H2,1-2H3,(H,23,27)(H,24,26)(H,25,28). The predicted octanol–water partition coefficient (Wildman–Crippen LogP) is 3.25. The highest BCUT2D eigenvalue weighted by molar-refractivity contribution is 5.94. The molecular weight excluding hydrogens is 370 g/mol. The van der Waals surface area contributed by atoms with Gasteiger partial charge >= 0.3 is 0 Å². The Kier molecular flexibility index (Phi) is 6.49. The number of amides is 3. The number of rotatable bonds is 8. The molecule has 1 aliphatic rings. The molecule has 0 bridgehead atoms. The molecule has 1 atom stereocenters. The molecule has 0 saturated heterocycles. The van der Waals surface area contributed by atoms with Crippen molar-refractivity contribution in [3.63, 3.8) is 0 Å². The normalized spacial score (nSPS) is 13.9. The van der Waals surface area contributed by atoms with Crippen molar-refractivity contribution in [2.45, 2.75) is 32.7 Å². The van der Waals surface area contributed by atoms with Crippen LogP contribution in [0.4, 0.5) is 11.4 Å². The van der Waals surface area contributed by atoms with Crippen molar-refractivity contribution in [3.8, 4) is 5.75 Å². The molecular formula is C22H25N3O4. The highest BCUT2D eigenvalue weighted by atomic mass is 16.5. The van der Waals surface area contributed by atoms with Gasteiger partial charge in [-0.1, -0.05) is 18.2 Å². The third-order valence-corrected chi connectivity index (χ3v) is 4.50. The van der Waals surface area contributed by atoms with Gasteiger partial charge in [0.1, 0.15) is 5.75 Å². The Labute approximate surface area is 169 Å². The summed E-state index contributed by atoms with van der Waals surface area (Å²) in [5.41, 5.74) is 2.20. The zero-order chi connectivity index (χ0) is 20.8. The van der Waals surface area contributed by atoms with Gasteiger partial charge in [0.05, 0.1) is 6.04 Å². The van der Waals surface area contributed by atoms with Gasteiger partial charge in [0.25, 0.3) is 5.91 Å². The van der Waals surface area contributed by atoms with Gasteiger partial charge in [0.2, 0.25) is 11.8 Å². The highest BCUT2D eigenvalue weighted by Crippen LogP contribution is 2.30. The van der Waals surface area contributed by atoms with Crippen LogP contribution in [-0.2, 0) is 14.4 Å². The number of carbonyl (C=O) groups excluding carboxylic acids is 3. The molecule has 0 heterocycles. The van der Waals surface area contributed by atoms with Crippen LogP contribution in [0.3, 0.4) is 0 Å². The first-order valence-electron chi connectivity index (χ1n) is 9.61. The maximum atomic E-state index is 12.2. The monoisotopic (exact) mass is 395 g/mol. The number of nitrogens with one attached hydrogen (secondary N) is 3. The van der Waals surface area contributed by atoms with Crippen LogP contribution in [0.25, 0.3) is 0 Å². The van der Waals surface area contributed by atoms with Gasteiger partial charge in [0, 0.05) is 30.3 Å². The highest BCUT2D eigenvalue weighted by Gasteiger charge is 2.29. The third kappa shape index (κ3) is 6.34. The lowest BCUT2D eigenvalue weighted by molar-refractivity contribution is -0.123. The second kappa shape index (κ2) is 9.23. The van der Waals surface area contributed by atoms with Crippen molar-refractivity contribution in [2.24, 2.45) is 5.92 Å². The number of carbonyl (C=O) groups is 3. The van der Waals surface area contributed by atoms with Crippen LogP contribution >= 0.6 is 0 Å². The van der Waals surface area contributed by atoms with Gasteiger partial charge < -0.3 is 20.7 Å². The summed E-state index contributed by atoms with van der Waals surface area (Å²) in [7, 11) is 0. The summed E-state index contributed by atoms with van der Waals surface area (Å²) in [5.74, 6) is 0.234. The summed E-state index contributed by atoms with van der Waals surface area (Å²) in [4.78, 5) is 35.3. The van der Waals surface area contributed by atoms with Crippen LogP contribution in [0.15, 0.2) is 48.5 Å². The molecule has 7 heteroatoms. The van der Waals surface area contributed by atoms with Crippen molar-refractivity contribution >= 4 is 29.1 Å². The largest absolute Gasteiger partial charge is 0.484 e. The summed E-state index contributed by atoms with van der Waals surface area (Å²) in [6.45, 7) is 3.16. The molecule has 2 aromatic rings. The molecule has 1 aliphatic carbocycles. The van der Waals surface area contributed by atoms with Crippen LogP contribution in [0, 0.1) is 5.92 Å². The zero-order valence-electron chi connectivity index (χ0n) is 16.5. The SMILES string of the molecule is CC(=O)Nc1cccc(C(C)NC(=O)COc2cccc(NC(=O)C3CC3)c2)c1. The van der Waals surface area contributed by atoms with Gasteiger partial charge in [-0.3, -0.25) is 14.4 Å². The lowest BCUT2D eigenvalue weighted by atomic mass is 10.1. The van der Waals surface area contributed by atoms with Crippen LogP contribution in [0.1, 0.15) is 38.3 Å². The number of anilines is 2. The van der Waals surface area contributed by atoms with E-state index in [-0.39, 0.29) is 36.3 Å². The van der Waals surface area contributed by atoms with Gasteiger partial charge in [-0.05, 0) is 49.6 Å². The number of benzene rings is 2. The molecule has 3 N–H and O–H groups in total. The molecule has 1 saturated carbocycles. The fourth-order valence-electron chi connectivity index (χ4n) is 2.86. The molecule has 0 aliphatic heterocycles. The average Bonchev–Trinajstić information content (AvgIpc) is 3.52. The van der Waals surface area contributed by atoms with E-state index in [1.54, 1.807) is 30.3 Å². The first-order valence-corrected chi connectivity index (χ1v) is 9.61. The summed E-state index contributed by atoms with van der Waals surface area (Å²) in [5, 5.41) is 8.45. The minimum atomic E-state index is -0.269. The third-order valence-electron chi connectivity index (χ3n) is 4.50. The predicted molar refractivity (Wildman–Crippen MR) is 111 cm³/mol. The molecule has 3 rings (SSSR count). The molecule has 0 radical (unpaired) electrons. The quantitative estimate of drug-likeness (QED) is 0.639. The maximum Gasteiger partial charge on any atom is 0.258 e. The van der Waals surface area contributed by atoms with Gasteiger partial charge in [-0.25, -0.2) is 0 Å². The second-order valence-electron chi connectivity index (χ2n) is 7.18. The van der Waals surface area contributed by atoms with E-state index in [1.807, 2.05) is 25.1 Å². The van der Waals surface area contributed by atoms with Crippen molar-refractivity contribution in [3.05, 3.63) is 54.1 Å². The smallest absolute Gasteiger partial charge is 0.258 e. The molecule has 3 amide bonds. The minimum Gasteiger partial charge on any atom is -0.484 e. The van der Waals surface area contributed by atoms with Gasteiger partial charge in [-0.2, -0.15) is 0 Å². The summed E-state index contributed by atoms with van der Waals surface area (Å²) >= 11 is 0. The van der Waals surface area contributed by atoms with E-state index < -0.39 is 0 Å². The molecule has 7 nitrogen and oxygen atoms in total. The first-order chi connectivity index (χ1) is 13.9. The van der Waals surface area contributed by atoms with Crippen LogP contribution < -0.4 is 20.7 Å². The lowest BCUT2D eigenvalue weighted by Crippen LogP contribution is -2.31. The van der Waals surface area contributed by atoms with E-state index in [4.69, 9.17) is 4.74 Å². The Hall–Kier alpha value is -3.35. The van der Waals surface area contributed by atoms with E-state index >= 15 is 0 Å². The Morgan fingerprint density at radius 2 is 1.72 bits per heavy atom. The topological polar surface area (TPSA) is 96.5 Å². The van der Waals surface area contributed by atoms with Gasteiger partial charge in [0.15, 0.2) is 6.61 Å². The molecule has 1 fully saturated rings. The van der Waals surface area contributed by atoms with E-state index in [0.29, 0.717) is 17.1 Å². The van der Waals surface area contributed by atoms with Crippen molar-refractivity contribution in [1.29, 1.82) is 0 Å². The molecule has 2 aromatic carbocycles. The number of hydrogen-bond donors (Lipinski definition) is 3. The molecule has 1 unspecified atom stereocenters. The second-order valence-corrected chi connectivity index (χ2v) is 7.18. The Balaban J connectivity index is 1.50. The average molecular weight is 395 g/mol. The summed E-state index contributed by atoms with van der Waals surface area (Å²) in [6, 6.07) is 14.1. The minimum absolute atomic E-state index is 0.0233. The summed E-state index contributed by atoms with van der Waals surface area (Å²) in [6.07, 6.45) is 1.88. The molecule has 29 heavy (non-hydrogen) atoms. The van der Waals surface area contributed by atoms with E-state index in [1.165, 1.54) is 6.92 Å². The number of ether oxygens (including phenoxy) is 1. The number of hydrogen-bond acceptors (Lipinski definition) is 4. The molecule has 152 valence electrons. The zero-order valence-corrected chi connectivity index (χ0v) is 16.5. The van der Waals surface area contributed by atoms with E-state index in [0.717, 1.165) is 18.4 Å². The lowest BCUT2D eigenvalue weighted by Gasteiger charge is -2.16. The van der Waals surface area contributed by atoms with Crippen molar-refractivity contribution < 1.29 is 19.1 Å². The van der Waals surface area contributed by atoms with E-state index in [9.17, 15) is 14.4 Å². The van der Waals surface area contributed by atoms with E-state index in [2.05, 4.69) is 16.0 Å². The fraction of sp³-hybridized carbons (Fsp3) is 0.318.